The van der Waals surface area contributed by atoms with Gasteiger partial charge in [-0.05, 0) is 39.2 Å². The van der Waals surface area contributed by atoms with Crippen molar-refractivity contribution in [3.8, 4) is 0 Å². The van der Waals surface area contributed by atoms with E-state index < -0.39 is 0 Å². The van der Waals surface area contributed by atoms with E-state index in [2.05, 4.69) is 61.0 Å². The fourth-order valence-corrected chi connectivity index (χ4v) is 2.58. The Hall–Kier alpha value is -0.545. The fourth-order valence-electron chi connectivity index (χ4n) is 2.33. The van der Waals surface area contributed by atoms with Crippen LogP contribution in [0.2, 0.25) is 5.02 Å². The van der Waals surface area contributed by atoms with Gasteiger partial charge in [0.05, 0.1) is 32.3 Å². The lowest BCUT2D eigenvalue weighted by molar-refractivity contribution is -0.883. The summed E-state index contributed by atoms with van der Waals surface area (Å²) in [7, 11) is 6.10. The summed E-state index contributed by atoms with van der Waals surface area (Å²) in [5, 5.41) is 0.773. The first-order valence-electron chi connectivity index (χ1n) is 7.36. The number of rotatable bonds is 3. The molecule has 116 valence electrons. The van der Waals surface area contributed by atoms with Gasteiger partial charge in [0.1, 0.15) is 6.54 Å². The molecule has 1 aromatic rings. The zero-order valence-corrected chi connectivity index (χ0v) is 14.9. The molecule has 1 fully saturated rings. The van der Waals surface area contributed by atoms with Gasteiger partial charge in [0.15, 0.2) is 0 Å². The molecule has 0 radical (unpaired) electrons. The van der Waals surface area contributed by atoms with E-state index in [-0.39, 0.29) is 18.3 Å². The van der Waals surface area contributed by atoms with Crippen LogP contribution in [0.25, 0.3) is 0 Å². The van der Waals surface area contributed by atoms with Crippen LogP contribution in [0.5, 0.6) is 0 Å². The second-order valence-electron chi connectivity index (χ2n) is 7.89. The second kappa shape index (κ2) is 5.27. The molecule has 2 rings (SSSR count). The molecule has 5 heteroatoms. The van der Waals surface area contributed by atoms with Gasteiger partial charge in [-0.15, -0.1) is 0 Å². The van der Waals surface area contributed by atoms with Gasteiger partial charge in [-0.3, -0.25) is 0 Å². The lowest BCUT2D eigenvalue weighted by Gasteiger charge is -2.32. The molecule has 0 amide bonds. The fraction of sp³-hybridized carbons (Fsp3) is 0.625. The number of nitrogens with zero attached hydrogens (tertiary/aromatic N) is 1. The summed E-state index contributed by atoms with van der Waals surface area (Å²) in [6.45, 7) is 9.11. The van der Waals surface area contributed by atoms with E-state index >= 15 is 0 Å². The van der Waals surface area contributed by atoms with Crippen molar-refractivity contribution < 1.29 is 13.8 Å². The highest BCUT2D eigenvalue weighted by Crippen LogP contribution is 2.36. The van der Waals surface area contributed by atoms with E-state index in [9.17, 15) is 0 Å². The molecule has 0 unspecified atom stereocenters. The minimum atomic E-state index is -0.356. The van der Waals surface area contributed by atoms with Crippen LogP contribution in [0.4, 0.5) is 0 Å². The maximum absolute atomic E-state index is 6.43. The molecule has 0 bridgehead atoms. The quantitative estimate of drug-likeness (QED) is 0.631. The molecule has 0 atom stereocenters. The molecule has 3 nitrogen and oxygen atoms in total. The third-order valence-electron chi connectivity index (χ3n) is 4.25. The first-order chi connectivity index (χ1) is 9.41. The van der Waals surface area contributed by atoms with Crippen LogP contribution in [0.1, 0.15) is 33.3 Å². The zero-order chi connectivity index (χ0) is 16.1. The highest BCUT2D eigenvalue weighted by molar-refractivity contribution is 6.62. The molecule has 1 aliphatic heterocycles. The summed E-state index contributed by atoms with van der Waals surface area (Å²) in [6.07, 6.45) is 0. The van der Waals surface area contributed by atoms with E-state index in [1.807, 2.05) is 6.07 Å². The summed E-state index contributed by atoms with van der Waals surface area (Å²) in [5.74, 6) is 0. The number of benzene rings is 1. The lowest BCUT2D eigenvalue weighted by atomic mass is 9.79. The van der Waals surface area contributed by atoms with E-state index in [4.69, 9.17) is 20.9 Å². The van der Waals surface area contributed by atoms with Crippen molar-refractivity contribution in [3.05, 3.63) is 28.8 Å². The normalized spacial score (nSPS) is 20.9. The summed E-state index contributed by atoms with van der Waals surface area (Å²) in [4.78, 5) is 0. The minimum Gasteiger partial charge on any atom is -0.399 e. The largest absolute Gasteiger partial charge is 0.494 e. The molecule has 0 spiro atoms. The standard InChI is InChI=1S/C16H26BClNO2/c1-15(2)16(3,4)21-17(20-15)13-9-8-12(14(18)10-13)11-19(5,6)7/h8-10H,11H2,1-7H3/q+1. The van der Waals surface area contributed by atoms with Gasteiger partial charge in [-0.25, -0.2) is 0 Å². The molecule has 0 aliphatic carbocycles. The van der Waals surface area contributed by atoms with Gasteiger partial charge in [0.25, 0.3) is 0 Å². The highest BCUT2D eigenvalue weighted by atomic mass is 35.5. The molecule has 0 aromatic heterocycles. The van der Waals surface area contributed by atoms with Crippen LogP contribution in [-0.2, 0) is 15.9 Å². The zero-order valence-electron chi connectivity index (χ0n) is 14.2. The molecule has 1 aromatic carbocycles. The predicted molar refractivity (Wildman–Crippen MR) is 88.9 cm³/mol. The Morgan fingerprint density at radius 2 is 1.57 bits per heavy atom. The van der Waals surface area contributed by atoms with Crippen LogP contribution in [0.3, 0.4) is 0 Å². The maximum Gasteiger partial charge on any atom is 0.494 e. The van der Waals surface area contributed by atoms with Crippen molar-refractivity contribution in [2.24, 2.45) is 0 Å². The predicted octanol–water partition coefficient (Wildman–Crippen LogP) is 2.85. The van der Waals surface area contributed by atoms with Gasteiger partial charge in [0.2, 0.25) is 0 Å². The maximum atomic E-state index is 6.43. The number of hydrogen-bond acceptors (Lipinski definition) is 2. The third kappa shape index (κ3) is 3.62. The number of hydrogen-bond donors (Lipinski definition) is 0. The Morgan fingerprint density at radius 1 is 1.05 bits per heavy atom. The first kappa shape index (κ1) is 16.8. The summed E-state index contributed by atoms with van der Waals surface area (Å²) >= 11 is 6.43. The minimum absolute atomic E-state index is 0.328. The lowest BCUT2D eigenvalue weighted by Crippen LogP contribution is -2.41. The Balaban J connectivity index is 2.22. The Kier molecular flexibility index (Phi) is 4.22. The highest BCUT2D eigenvalue weighted by Gasteiger charge is 2.51. The topological polar surface area (TPSA) is 18.5 Å². The second-order valence-corrected chi connectivity index (χ2v) is 8.29. The van der Waals surface area contributed by atoms with Crippen LogP contribution < -0.4 is 5.46 Å². The average molecular weight is 311 g/mol. The Morgan fingerprint density at radius 3 is 2.00 bits per heavy atom. The van der Waals surface area contributed by atoms with Gasteiger partial charge in [-0.2, -0.15) is 0 Å². The SMILES string of the molecule is CC1(C)OB(c2ccc(C[N+](C)(C)C)c(Cl)c2)OC1(C)C. The molecule has 1 saturated heterocycles. The van der Waals surface area contributed by atoms with Gasteiger partial charge in [0, 0.05) is 10.6 Å². The first-order valence-corrected chi connectivity index (χ1v) is 7.73. The van der Waals surface area contributed by atoms with Crippen molar-refractivity contribution in [1.82, 2.24) is 0 Å². The van der Waals surface area contributed by atoms with Crippen molar-refractivity contribution in [1.29, 1.82) is 0 Å². The molecular weight excluding hydrogens is 284 g/mol. The monoisotopic (exact) mass is 310 g/mol. The number of halogens is 1. The Labute approximate surface area is 133 Å². The van der Waals surface area contributed by atoms with Crippen molar-refractivity contribution in [2.75, 3.05) is 21.1 Å². The van der Waals surface area contributed by atoms with Crippen LogP contribution in [0.15, 0.2) is 18.2 Å². The van der Waals surface area contributed by atoms with Crippen molar-refractivity contribution >= 4 is 24.2 Å². The smallest absolute Gasteiger partial charge is 0.399 e. The summed E-state index contributed by atoms with van der Waals surface area (Å²) < 4.78 is 13.0. The summed E-state index contributed by atoms with van der Waals surface area (Å²) in [6, 6.07) is 6.10. The van der Waals surface area contributed by atoms with Crippen LogP contribution in [0, 0.1) is 0 Å². The van der Waals surface area contributed by atoms with Crippen LogP contribution in [-0.4, -0.2) is 43.9 Å². The molecule has 1 aliphatic rings. The average Bonchev–Trinajstić information content (AvgIpc) is 2.49. The third-order valence-corrected chi connectivity index (χ3v) is 4.60. The van der Waals surface area contributed by atoms with Crippen LogP contribution >= 0.6 is 11.6 Å². The van der Waals surface area contributed by atoms with E-state index in [1.165, 1.54) is 0 Å². The van der Waals surface area contributed by atoms with Gasteiger partial charge >= 0.3 is 7.12 Å². The molecule has 1 heterocycles. The molecule has 0 N–H and O–H groups in total. The van der Waals surface area contributed by atoms with Crippen molar-refractivity contribution in [2.45, 2.75) is 45.4 Å². The van der Waals surface area contributed by atoms with E-state index in [0.717, 1.165) is 27.1 Å². The number of quaternary nitrogens is 1. The summed E-state index contributed by atoms with van der Waals surface area (Å²) in [5.41, 5.74) is 1.46. The van der Waals surface area contributed by atoms with Crippen molar-refractivity contribution in [3.63, 3.8) is 0 Å². The van der Waals surface area contributed by atoms with Gasteiger partial charge in [-0.1, -0.05) is 23.7 Å². The van der Waals surface area contributed by atoms with E-state index in [1.54, 1.807) is 0 Å². The van der Waals surface area contributed by atoms with Gasteiger partial charge < -0.3 is 13.8 Å². The van der Waals surface area contributed by atoms with E-state index in [0.29, 0.717) is 0 Å². The molecular formula is C16H26BClNO2+. The molecule has 0 saturated carbocycles. The molecule has 21 heavy (non-hydrogen) atoms. The Bertz CT molecular complexity index is 522.